The van der Waals surface area contributed by atoms with Crippen LogP contribution < -0.4 is 10.9 Å². The first-order chi connectivity index (χ1) is 18.2. The molecule has 6 nitrogen and oxygen atoms in total. The number of alkyl halides is 3. The summed E-state index contributed by atoms with van der Waals surface area (Å²) >= 11 is 0. The minimum atomic E-state index is -4.69. The predicted octanol–water partition coefficient (Wildman–Crippen LogP) is 6.72. The Balaban J connectivity index is 1.62. The van der Waals surface area contributed by atoms with Gasteiger partial charge in [-0.3, -0.25) is 9.36 Å². The van der Waals surface area contributed by atoms with E-state index in [9.17, 15) is 22.8 Å². The number of para-hydroxylation sites is 1. The van der Waals surface area contributed by atoms with E-state index in [1.807, 2.05) is 68.4 Å². The molecule has 2 heterocycles. The molecule has 196 valence electrons. The van der Waals surface area contributed by atoms with Crippen molar-refractivity contribution in [1.82, 2.24) is 14.5 Å². The van der Waals surface area contributed by atoms with Gasteiger partial charge in [-0.25, -0.2) is 9.78 Å². The molecule has 0 bridgehead atoms. The van der Waals surface area contributed by atoms with Crippen LogP contribution in [-0.4, -0.2) is 20.5 Å². The van der Waals surface area contributed by atoms with E-state index >= 15 is 0 Å². The molecule has 1 aliphatic rings. The van der Waals surface area contributed by atoms with Crippen molar-refractivity contribution < 1.29 is 18.0 Å². The summed E-state index contributed by atoms with van der Waals surface area (Å²) in [5.74, 6) is 0.281. The van der Waals surface area contributed by atoms with Crippen LogP contribution in [0.25, 0.3) is 10.9 Å². The number of fused-ring (bicyclic) bond motifs is 2. The average Bonchev–Trinajstić information content (AvgIpc) is 3.32. The number of rotatable bonds is 5. The number of carbonyl (C=O) groups is 1. The molecular weight excluding hydrogens is 493 g/mol. The number of anilines is 1. The van der Waals surface area contributed by atoms with Gasteiger partial charge in [0.15, 0.2) is 0 Å². The smallest absolute Gasteiger partial charge is 0.308 e. The summed E-state index contributed by atoms with van der Waals surface area (Å²) in [6, 6.07) is 19.1. The molecule has 0 radical (unpaired) electrons. The molecule has 38 heavy (non-hydrogen) atoms. The maximum Gasteiger partial charge on any atom is 0.417 e. The normalized spacial score (nSPS) is 15.8. The first-order valence-corrected chi connectivity index (χ1v) is 12.5. The molecular formula is C29H27F3N4O2. The van der Waals surface area contributed by atoms with Crippen molar-refractivity contribution in [2.24, 2.45) is 0 Å². The lowest BCUT2D eigenvalue weighted by Gasteiger charge is -2.34. The van der Waals surface area contributed by atoms with Crippen molar-refractivity contribution >= 4 is 22.6 Å². The fourth-order valence-corrected chi connectivity index (χ4v) is 5.24. The fraction of sp³-hybridized carbons (Fsp3) is 0.276. The number of amides is 2. The van der Waals surface area contributed by atoms with E-state index in [0.29, 0.717) is 12.1 Å². The Bertz CT molecular complexity index is 1550. The minimum absolute atomic E-state index is 0.0352. The van der Waals surface area contributed by atoms with Crippen LogP contribution in [0.1, 0.15) is 54.9 Å². The first-order valence-electron chi connectivity index (χ1n) is 12.5. The zero-order chi connectivity index (χ0) is 27.0. The fourth-order valence-electron chi connectivity index (χ4n) is 5.24. The number of benzene rings is 3. The van der Waals surface area contributed by atoms with Gasteiger partial charge in [0.2, 0.25) is 0 Å². The highest BCUT2D eigenvalue weighted by atomic mass is 19.4. The summed E-state index contributed by atoms with van der Waals surface area (Å²) in [6.07, 6.45) is -3.62. The maximum absolute atomic E-state index is 13.9. The van der Waals surface area contributed by atoms with Gasteiger partial charge >= 0.3 is 12.2 Å². The third-order valence-corrected chi connectivity index (χ3v) is 7.15. The van der Waals surface area contributed by atoms with Crippen molar-refractivity contribution in [2.75, 3.05) is 5.32 Å². The maximum atomic E-state index is 13.9. The van der Waals surface area contributed by atoms with Gasteiger partial charge < -0.3 is 10.2 Å². The Morgan fingerprint density at radius 3 is 2.50 bits per heavy atom. The highest BCUT2D eigenvalue weighted by Gasteiger charge is 2.39. The summed E-state index contributed by atoms with van der Waals surface area (Å²) in [5, 5.41) is 2.57. The Hall–Kier alpha value is -4.14. The Morgan fingerprint density at radius 2 is 1.79 bits per heavy atom. The molecule has 0 saturated carbocycles. The largest absolute Gasteiger partial charge is 0.417 e. The molecule has 4 aromatic rings. The van der Waals surface area contributed by atoms with E-state index in [1.165, 1.54) is 16.7 Å². The van der Waals surface area contributed by atoms with E-state index in [4.69, 9.17) is 0 Å². The van der Waals surface area contributed by atoms with Crippen LogP contribution in [0.15, 0.2) is 77.6 Å². The molecule has 1 aliphatic heterocycles. The molecule has 5 rings (SSSR count). The van der Waals surface area contributed by atoms with Crippen LogP contribution >= 0.6 is 0 Å². The molecule has 0 aliphatic carbocycles. The summed E-state index contributed by atoms with van der Waals surface area (Å²) < 4.78 is 42.3. The number of carbonyl (C=O) groups excluding carboxylic acids is 1. The van der Waals surface area contributed by atoms with Crippen LogP contribution in [0.3, 0.4) is 0 Å². The van der Waals surface area contributed by atoms with Crippen LogP contribution in [0, 0.1) is 0 Å². The lowest BCUT2D eigenvalue weighted by Crippen LogP contribution is -2.40. The Morgan fingerprint density at radius 1 is 1.08 bits per heavy atom. The van der Waals surface area contributed by atoms with E-state index in [0.717, 1.165) is 23.6 Å². The zero-order valence-electron chi connectivity index (χ0n) is 21.0. The van der Waals surface area contributed by atoms with Gasteiger partial charge in [-0.05, 0) is 49.1 Å². The monoisotopic (exact) mass is 520 g/mol. The number of nitrogens with one attached hydrogen (secondary N) is 1. The van der Waals surface area contributed by atoms with Crippen LogP contribution in [0.4, 0.5) is 23.7 Å². The number of urea groups is 1. The van der Waals surface area contributed by atoms with Crippen molar-refractivity contribution in [3.8, 4) is 0 Å². The molecule has 3 aromatic carbocycles. The summed E-state index contributed by atoms with van der Waals surface area (Å²) in [6.45, 7) is 4.05. The van der Waals surface area contributed by atoms with E-state index < -0.39 is 34.8 Å². The number of halogens is 3. The van der Waals surface area contributed by atoms with Gasteiger partial charge in [-0.1, -0.05) is 61.5 Å². The van der Waals surface area contributed by atoms with Crippen LogP contribution in [0.5, 0.6) is 0 Å². The number of hydrogen-bond acceptors (Lipinski definition) is 3. The topological polar surface area (TPSA) is 67.2 Å². The SMILES string of the molecule is CCc1ccccc1NC(=O)N([C@@H]1CCn2c1nc1cccc(C(F)(F)F)c1c2=O)[C@@H](C)c1ccccc1. The van der Waals surface area contributed by atoms with Crippen molar-refractivity contribution in [3.63, 3.8) is 0 Å². The van der Waals surface area contributed by atoms with E-state index in [1.54, 1.807) is 4.90 Å². The highest BCUT2D eigenvalue weighted by Crippen LogP contribution is 2.38. The van der Waals surface area contributed by atoms with Crippen LogP contribution in [0.2, 0.25) is 0 Å². The summed E-state index contributed by atoms with van der Waals surface area (Å²) in [7, 11) is 0. The summed E-state index contributed by atoms with van der Waals surface area (Å²) in [5.41, 5.74) is 0.750. The highest BCUT2D eigenvalue weighted by molar-refractivity contribution is 5.91. The summed E-state index contributed by atoms with van der Waals surface area (Å²) in [4.78, 5) is 33.4. The molecule has 1 N–H and O–H groups in total. The zero-order valence-corrected chi connectivity index (χ0v) is 21.0. The van der Waals surface area contributed by atoms with Gasteiger partial charge in [-0.2, -0.15) is 13.2 Å². The minimum Gasteiger partial charge on any atom is -0.308 e. The number of aromatic nitrogens is 2. The second-order valence-electron chi connectivity index (χ2n) is 9.36. The lowest BCUT2D eigenvalue weighted by molar-refractivity contribution is -0.136. The number of nitrogens with zero attached hydrogens (tertiary/aromatic N) is 3. The standard InChI is InChI=1S/C29H27F3N4O2/c1-3-19-10-7-8-14-22(19)34-28(38)36(18(2)20-11-5-4-6-12-20)24-16-17-35-26(24)33-23-15-9-13-21(29(30,31)32)25(23)27(35)37/h4-15,18,24H,3,16-17H2,1-2H3,(H,34,38)/t18-,24+/m0/s1. The molecule has 1 aromatic heterocycles. The lowest BCUT2D eigenvalue weighted by atomic mass is 10.0. The Kier molecular flexibility index (Phi) is 6.69. The number of aryl methyl sites for hydroxylation is 1. The average molecular weight is 521 g/mol. The predicted molar refractivity (Wildman–Crippen MR) is 140 cm³/mol. The molecule has 2 amide bonds. The second kappa shape index (κ2) is 9.96. The van der Waals surface area contributed by atoms with Crippen molar-refractivity contribution in [2.45, 2.75) is 51.5 Å². The second-order valence-corrected chi connectivity index (χ2v) is 9.36. The van der Waals surface area contributed by atoms with E-state index in [-0.39, 0.29) is 23.9 Å². The molecule has 0 spiro atoms. The molecule has 2 atom stereocenters. The van der Waals surface area contributed by atoms with Gasteiger partial charge in [0.1, 0.15) is 5.82 Å². The van der Waals surface area contributed by atoms with Crippen molar-refractivity contribution in [1.29, 1.82) is 0 Å². The van der Waals surface area contributed by atoms with Gasteiger partial charge in [0, 0.05) is 12.2 Å². The van der Waals surface area contributed by atoms with Gasteiger partial charge in [0.25, 0.3) is 5.56 Å². The quantitative estimate of drug-likeness (QED) is 0.318. The molecule has 0 unspecified atom stereocenters. The molecule has 9 heteroatoms. The Labute approximate surface area is 217 Å². The first kappa shape index (κ1) is 25.5. The third kappa shape index (κ3) is 4.53. The van der Waals surface area contributed by atoms with E-state index in [2.05, 4.69) is 10.3 Å². The van der Waals surface area contributed by atoms with Crippen molar-refractivity contribution in [3.05, 3.63) is 106 Å². The van der Waals surface area contributed by atoms with Gasteiger partial charge in [-0.15, -0.1) is 0 Å². The third-order valence-electron chi connectivity index (χ3n) is 7.15. The van der Waals surface area contributed by atoms with Gasteiger partial charge in [0.05, 0.1) is 28.6 Å². The van der Waals surface area contributed by atoms with Crippen LogP contribution in [-0.2, 0) is 19.1 Å². The molecule has 0 saturated heterocycles. The number of hydrogen-bond donors (Lipinski definition) is 1. The molecule has 0 fully saturated rings.